The lowest BCUT2D eigenvalue weighted by Gasteiger charge is -2.42. The maximum Gasteiger partial charge on any atom is 0.244 e. The van der Waals surface area contributed by atoms with E-state index in [-0.39, 0.29) is 28.9 Å². The van der Waals surface area contributed by atoms with Gasteiger partial charge in [0.05, 0.1) is 11.6 Å². The van der Waals surface area contributed by atoms with E-state index in [1.807, 2.05) is 35.2 Å². The quantitative estimate of drug-likeness (QED) is 0.511. The van der Waals surface area contributed by atoms with Gasteiger partial charge in [-0.25, -0.2) is 8.42 Å². The van der Waals surface area contributed by atoms with Crippen molar-refractivity contribution in [1.82, 2.24) is 9.21 Å². The minimum Gasteiger partial charge on any atom is -0.493 e. The van der Waals surface area contributed by atoms with Gasteiger partial charge >= 0.3 is 0 Å². The van der Waals surface area contributed by atoms with E-state index in [2.05, 4.69) is 0 Å². The van der Waals surface area contributed by atoms with Crippen LogP contribution >= 0.6 is 11.6 Å². The van der Waals surface area contributed by atoms with Crippen molar-refractivity contribution >= 4 is 27.5 Å². The number of nitrogens with zero attached hydrogens (tertiary/aromatic N) is 2. The van der Waals surface area contributed by atoms with Crippen LogP contribution in [0.1, 0.15) is 38.5 Å². The second kappa shape index (κ2) is 11.1. The summed E-state index contributed by atoms with van der Waals surface area (Å²) in [6.45, 7) is 3.24. The largest absolute Gasteiger partial charge is 0.493 e. The van der Waals surface area contributed by atoms with Gasteiger partial charge < -0.3 is 19.1 Å². The van der Waals surface area contributed by atoms with Gasteiger partial charge in [-0.15, -0.1) is 0 Å². The molecule has 0 saturated carbocycles. The van der Waals surface area contributed by atoms with Gasteiger partial charge in [-0.1, -0.05) is 29.8 Å². The first-order chi connectivity index (χ1) is 17.9. The van der Waals surface area contributed by atoms with Crippen LogP contribution < -0.4 is 14.2 Å². The molecule has 0 unspecified atom stereocenters. The van der Waals surface area contributed by atoms with E-state index in [1.54, 1.807) is 0 Å². The molecular weight excluding hydrogens is 516 g/mol. The number of rotatable bonds is 7. The highest BCUT2D eigenvalue weighted by Gasteiger charge is 2.42. The van der Waals surface area contributed by atoms with Crippen molar-refractivity contribution in [3.05, 3.63) is 47.5 Å². The monoisotopic (exact) mass is 548 g/mol. The fourth-order valence-corrected chi connectivity index (χ4v) is 7.23. The molecule has 2 fully saturated rings. The Bertz CT molecular complexity index is 1210. The number of carbonyl (C=O) groups excluding carboxylic acids is 1. The molecule has 37 heavy (non-hydrogen) atoms. The fraction of sp³-hybridized carbons (Fsp3) is 0.519. The molecule has 3 aliphatic rings. The van der Waals surface area contributed by atoms with Crippen LogP contribution in [0.3, 0.4) is 0 Å². The summed E-state index contributed by atoms with van der Waals surface area (Å²) in [4.78, 5) is 15.2. The van der Waals surface area contributed by atoms with E-state index in [0.29, 0.717) is 50.6 Å². The molecule has 200 valence electrons. The zero-order valence-corrected chi connectivity index (χ0v) is 22.4. The Kier molecular flexibility index (Phi) is 7.83. The molecule has 0 spiro atoms. The number of halogens is 1. The van der Waals surface area contributed by atoms with Crippen LogP contribution in [0, 0.1) is 5.41 Å². The topological polar surface area (TPSA) is 85.4 Å². The summed E-state index contributed by atoms with van der Waals surface area (Å²) < 4.78 is 45.9. The molecule has 2 saturated heterocycles. The number of ether oxygens (including phenoxy) is 3. The first-order valence-electron chi connectivity index (χ1n) is 12.9. The Morgan fingerprint density at radius 1 is 0.946 bits per heavy atom. The average molecular weight is 549 g/mol. The van der Waals surface area contributed by atoms with Crippen molar-refractivity contribution in [3.63, 3.8) is 0 Å². The molecule has 1 amide bonds. The molecule has 10 heteroatoms. The van der Waals surface area contributed by atoms with Crippen molar-refractivity contribution < 1.29 is 27.4 Å². The molecule has 3 heterocycles. The highest BCUT2D eigenvalue weighted by atomic mass is 35.5. The van der Waals surface area contributed by atoms with Crippen LogP contribution in [0.4, 0.5) is 0 Å². The molecule has 8 nitrogen and oxygen atoms in total. The average Bonchev–Trinajstić information content (AvgIpc) is 2.93. The second-order valence-corrected chi connectivity index (χ2v) is 12.4. The molecule has 0 aliphatic carbocycles. The minimum absolute atomic E-state index is 0.0100. The highest BCUT2D eigenvalue weighted by molar-refractivity contribution is 7.89. The number of benzene rings is 2. The zero-order valence-electron chi connectivity index (χ0n) is 20.9. The van der Waals surface area contributed by atoms with Crippen molar-refractivity contribution in [3.8, 4) is 17.2 Å². The Morgan fingerprint density at radius 3 is 2.27 bits per heavy atom. The number of carbonyl (C=O) groups is 1. The molecule has 2 aromatic carbocycles. The van der Waals surface area contributed by atoms with Gasteiger partial charge in [-0.3, -0.25) is 4.79 Å². The third-order valence-electron chi connectivity index (χ3n) is 7.52. The number of fused-ring (bicyclic) bond motifs is 1. The summed E-state index contributed by atoms with van der Waals surface area (Å²) in [6.07, 6.45) is 4.59. The van der Waals surface area contributed by atoms with Gasteiger partial charge in [0.2, 0.25) is 15.9 Å². The molecule has 5 rings (SSSR count). The maximum absolute atomic E-state index is 13.6. The molecule has 0 atom stereocenters. The smallest absolute Gasteiger partial charge is 0.244 e. The minimum atomic E-state index is -3.86. The lowest BCUT2D eigenvalue weighted by Crippen LogP contribution is -2.48. The molecular formula is C27H33ClN2O6S. The van der Waals surface area contributed by atoms with Gasteiger partial charge in [0, 0.05) is 50.1 Å². The van der Waals surface area contributed by atoms with Crippen molar-refractivity contribution in [1.29, 1.82) is 0 Å². The molecule has 0 bridgehead atoms. The molecule has 0 aromatic heterocycles. The Hall–Kier alpha value is -2.49. The van der Waals surface area contributed by atoms with E-state index < -0.39 is 15.4 Å². The molecule has 0 N–H and O–H groups in total. The number of amides is 1. The van der Waals surface area contributed by atoms with E-state index in [1.165, 1.54) is 16.4 Å². The zero-order chi connectivity index (χ0) is 25.9. The Balaban J connectivity index is 1.33. The fourth-order valence-electron chi connectivity index (χ4n) is 5.28. The summed E-state index contributed by atoms with van der Waals surface area (Å²) in [5.74, 6) is 1.69. The van der Waals surface area contributed by atoms with E-state index in [9.17, 15) is 13.2 Å². The first-order valence-corrected chi connectivity index (χ1v) is 14.7. The van der Waals surface area contributed by atoms with Crippen LogP contribution in [-0.2, 0) is 14.8 Å². The van der Waals surface area contributed by atoms with E-state index in [4.69, 9.17) is 25.8 Å². The van der Waals surface area contributed by atoms with Crippen LogP contribution in [-0.4, -0.2) is 69.5 Å². The summed E-state index contributed by atoms with van der Waals surface area (Å²) in [5, 5.41) is 0.105. The summed E-state index contributed by atoms with van der Waals surface area (Å²) in [7, 11) is -3.86. The maximum atomic E-state index is 13.6. The summed E-state index contributed by atoms with van der Waals surface area (Å²) in [6, 6.07) is 12.5. The number of hydrogen-bond donors (Lipinski definition) is 0. The summed E-state index contributed by atoms with van der Waals surface area (Å²) >= 11 is 6.38. The Morgan fingerprint density at radius 2 is 1.59 bits per heavy atom. The number of para-hydroxylation sites is 1. The Labute approximate surface area is 223 Å². The number of sulfonamides is 1. The third kappa shape index (κ3) is 5.84. The van der Waals surface area contributed by atoms with Crippen LogP contribution in [0.25, 0.3) is 0 Å². The van der Waals surface area contributed by atoms with Crippen molar-refractivity contribution in [2.24, 2.45) is 5.41 Å². The summed E-state index contributed by atoms with van der Waals surface area (Å²) in [5.41, 5.74) is -0.451. The second-order valence-electron chi connectivity index (χ2n) is 10.1. The number of hydrogen-bond acceptors (Lipinski definition) is 6. The predicted molar refractivity (Wildman–Crippen MR) is 140 cm³/mol. The molecule has 2 aromatic rings. The van der Waals surface area contributed by atoms with E-state index >= 15 is 0 Å². The van der Waals surface area contributed by atoms with Crippen molar-refractivity contribution in [2.45, 2.75) is 43.4 Å². The van der Waals surface area contributed by atoms with E-state index in [0.717, 1.165) is 38.1 Å². The number of piperidine rings is 2. The number of likely N-dealkylation sites (tertiary alicyclic amines) is 1. The standard InChI is InChI=1S/C27H33ClN2O6S/c28-22-17-23-24(35-16-15-34-23)18-25(22)37(32,33)30-13-9-27(10-14-30,20-36-21-7-3-1-4-8-21)19-26(31)29-11-5-2-6-12-29/h1,3-4,7-8,17-18H,2,5-6,9-16,19-20H2. The molecule has 0 radical (unpaired) electrons. The van der Waals surface area contributed by atoms with Crippen LogP contribution in [0.2, 0.25) is 5.02 Å². The SMILES string of the molecule is O=C(CC1(COc2ccccc2)CCN(S(=O)(=O)c2cc3c(cc2Cl)OCCO3)CC1)N1CCCCC1. The highest BCUT2D eigenvalue weighted by Crippen LogP contribution is 2.42. The van der Waals surface area contributed by atoms with Gasteiger partial charge in [-0.05, 0) is 44.2 Å². The van der Waals surface area contributed by atoms with Crippen molar-refractivity contribution in [2.75, 3.05) is 46.0 Å². The van der Waals surface area contributed by atoms with Crippen LogP contribution in [0.5, 0.6) is 17.2 Å². The lowest BCUT2D eigenvalue weighted by molar-refractivity contribution is -0.136. The molecule has 3 aliphatic heterocycles. The normalized spacial score (nSPS) is 19.9. The first kappa shape index (κ1) is 26.1. The van der Waals surface area contributed by atoms with Gasteiger partial charge in [0.25, 0.3) is 0 Å². The lowest BCUT2D eigenvalue weighted by atomic mass is 9.76. The van der Waals surface area contributed by atoms with Gasteiger partial charge in [0.1, 0.15) is 23.9 Å². The predicted octanol–water partition coefficient (Wildman–Crippen LogP) is 4.36. The van der Waals surface area contributed by atoms with Gasteiger partial charge in [-0.2, -0.15) is 4.31 Å². The van der Waals surface area contributed by atoms with Gasteiger partial charge in [0.15, 0.2) is 11.5 Å². The van der Waals surface area contributed by atoms with Crippen LogP contribution in [0.15, 0.2) is 47.4 Å². The third-order valence-corrected chi connectivity index (χ3v) is 9.88.